The van der Waals surface area contributed by atoms with Gasteiger partial charge in [0.15, 0.2) is 11.6 Å². The second-order valence-corrected chi connectivity index (χ2v) is 5.71. The summed E-state index contributed by atoms with van der Waals surface area (Å²) >= 11 is 0. The van der Waals surface area contributed by atoms with E-state index in [4.69, 9.17) is 4.42 Å². The van der Waals surface area contributed by atoms with E-state index in [0.717, 1.165) is 30.4 Å². The number of rotatable bonds is 2. The fourth-order valence-corrected chi connectivity index (χ4v) is 3.35. The third-order valence-electron chi connectivity index (χ3n) is 4.60. The van der Waals surface area contributed by atoms with Gasteiger partial charge in [0.1, 0.15) is 5.69 Å². The van der Waals surface area contributed by atoms with Crippen molar-refractivity contribution in [3.05, 3.63) is 30.5 Å². The summed E-state index contributed by atoms with van der Waals surface area (Å²) < 4.78 is 5.34. The molecule has 20 heavy (non-hydrogen) atoms. The summed E-state index contributed by atoms with van der Waals surface area (Å²) in [6.07, 6.45) is 4.26. The number of nitrogens with zero attached hydrogens (tertiary/aromatic N) is 4. The standard InChI is InChI=1S/C15H18N4O/c1-18-11-4-5-12(18)10-19(9-11)15-7-6-13(16-17-15)14-3-2-8-20-14/h2-3,6-8,11-12H,4-5,9-10H2,1H3. The molecule has 2 saturated heterocycles. The van der Waals surface area contributed by atoms with E-state index in [1.165, 1.54) is 12.8 Å². The Kier molecular flexibility index (Phi) is 2.73. The second-order valence-electron chi connectivity index (χ2n) is 5.71. The van der Waals surface area contributed by atoms with Crippen molar-refractivity contribution in [3.8, 4) is 11.5 Å². The van der Waals surface area contributed by atoms with Gasteiger partial charge in [-0.15, -0.1) is 10.2 Å². The van der Waals surface area contributed by atoms with Crippen LogP contribution in [0.5, 0.6) is 0 Å². The molecule has 0 saturated carbocycles. The molecule has 2 aliphatic rings. The van der Waals surface area contributed by atoms with Crippen LogP contribution < -0.4 is 4.90 Å². The number of fused-ring (bicyclic) bond motifs is 2. The minimum absolute atomic E-state index is 0.667. The van der Waals surface area contributed by atoms with Gasteiger partial charge >= 0.3 is 0 Å². The molecule has 0 amide bonds. The maximum Gasteiger partial charge on any atom is 0.154 e. The highest BCUT2D eigenvalue weighted by molar-refractivity contribution is 5.53. The molecule has 4 heterocycles. The Bertz CT molecular complexity index is 566. The highest BCUT2D eigenvalue weighted by Gasteiger charge is 2.37. The van der Waals surface area contributed by atoms with Gasteiger partial charge in [-0.2, -0.15) is 0 Å². The maximum atomic E-state index is 5.34. The van der Waals surface area contributed by atoms with E-state index in [1.807, 2.05) is 18.2 Å². The third-order valence-corrected chi connectivity index (χ3v) is 4.60. The molecule has 0 aliphatic carbocycles. The van der Waals surface area contributed by atoms with Gasteiger partial charge in [-0.3, -0.25) is 4.90 Å². The summed E-state index contributed by atoms with van der Waals surface area (Å²) in [6.45, 7) is 2.11. The van der Waals surface area contributed by atoms with Crippen LogP contribution in [-0.2, 0) is 0 Å². The largest absolute Gasteiger partial charge is 0.463 e. The van der Waals surface area contributed by atoms with Crippen molar-refractivity contribution in [2.75, 3.05) is 25.0 Å². The molecule has 2 unspecified atom stereocenters. The lowest BCUT2D eigenvalue weighted by molar-refractivity contribution is 0.211. The van der Waals surface area contributed by atoms with Gasteiger partial charge < -0.3 is 9.32 Å². The SMILES string of the molecule is CN1C2CCC1CN(c1ccc(-c3ccco3)nn1)C2. The Morgan fingerprint density at radius 3 is 2.50 bits per heavy atom. The fourth-order valence-electron chi connectivity index (χ4n) is 3.35. The van der Waals surface area contributed by atoms with E-state index in [0.29, 0.717) is 12.1 Å². The van der Waals surface area contributed by atoms with Gasteiger partial charge in [-0.1, -0.05) is 0 Å². The van der Waals surface area contributed by atoms with Crippen LogP contribution in [0.25, 0.3) is 11.5 Å². The lowest BCUT2D eigenvalue weighted by Gasteiger charge is -2.39. The number of furan rings is 1. The van der Waals surface area contributed by atoms with E-state index < -0.39 is 0 Å². The zero-order valence-corrected chi connectivity index (χ0v) is 11.6. The summed E-state index contributed by atoms with van der Waals surface area (Å²) in [5, 5.41) is 8.66. The molecular formula is C15H18N4O. The molecule has 2 aromatic rings. The molecule has 2 aromatic heterocycles. The first-order valence-electron chi connectivity index (χ1n) is 7.16. The topological polar surface area (TPSA) is 45.4 Å². The van der Waals surface area contributed by atoms with Gasteiger partial charge in [0, 0.05) is 25.2 Å². The number of hydrogen-bond donors (Lipinski definition) is 0. The van der Waals surface area contributed by atoms with Gasteiger partial charge in [-0.05, 0) is 44.2 Å². The van der Waals surface area contributed by atoms with Gasteiger partial charge in [0.2, 0.25) is 0 Å². The van der Waals surface area contributed by atoms with Crippen LogP contribution in [0.3, 0.4) is 0 Å². The van der Waals surface area contributed by atoms with E-state index in [9.17, 15) is 0 Å². The van der Waals surface area contributed by atoms with Gasteiger partial charge in [0.25, 0.3) is 0 Å². The summed E-state index contributed by atoms with van der Waals surface area (Å²) in [4.78, 5) is 4.88. The average molecular weight is 270 g/mol. The van der Waals surface area contributed by atoms with Crippen molar-refractivity contribution in [2.24, 2.45) is 0 Å². The highest BCUT2D eigenvalue weighted by Crippen LogP contribution is 2.30. The number of hydrogen-bond acceptors (Lipinski definition) is 5. The summed E-state index contributed by atoms with van der Waals surface area (Å²) in [5.74, 6) is 1.74. The van der Waals surface area contributed by atoms with Crippen molar-refractivity contribution in [1.29, 1.82) is 0 Å². The lowest BCUT2D eigenvalue weighted by atomic mass is 10.2. The van der Waals surface area contributed by atoms with Crippen LogP contribution in [0.2, 0.25) is 0 Å². The number of piperazine rings is 1. The minimum atomic E-state index is 0.667. The Balaban J connectivity index is 1.55. The maximum absolute atomic E-state index is 5.34. The Morgan fingerprint density at radius 1 is 1.10 bits per heavy atom. The monoisotopic (exact) mass is 270 g/mol. The third kappa shape index (κ3) is 1.89. The molecule has 5 nitrogen and oxygen atoms in total. The average Bonchev–Trinajstić information content (AvgIpc) is 3.06. The second kappa shape index (κ2) is 4.59. The van der Waals surface area contributed by atoms with Crippen LogP contribution in [0.1, 0.15) is 12.8 Å². The predicted octanol–water partition coefficient (Wildman–Crippen LogP) is 2.02. The van der Waals surface area contributed by atoms with Gasteiger partial charge in [0.05, 0.1) is 6.26 Å². The van der Waals surface area contributed by atoms with Crippen molar-refractivity contribution in [1.82, 2.24) is 15.1 Å². The van der Waals surface area contributed by atoms with Crippen molar-refractivity contribution < 1.29 is 4.42 Å². The molecule has 2 aliphatic heterocycles. The number of anilines is 1. The van der Waals surface area contributed by atoms with Crippen LogP contribution in [0, 0.1) is 0 Å². The Hall–Kier alpha value is -1.88. The number of likely N-dealkylation sites (N-methyl/N-ethyl adjacent to an activating group) is 1. The predicted molar refractivity (Wildman–Crippen MR) is 76.5 cm³/mol. The number of aromatic nitrogens is 2. The fraction of sp³-hybridized carbons (Fsp3) is 0.467. The molecular weight excluding hydrogens is 252 g/mol. The van der Waals surface area contributed by atoms with Crippen LogP contribution >= 0.6 is 0 Å². The Labute approximate surface area is 118 Å². The molecule has 2 fully saturated rings. The summed E-state index contributed by atoms with van der Waals surface area (Å²) in [6, 6.07) is 9.14. The molecule has 0 N–H and O–H groups in total. The molecule has 2 bridgehead atoms. The molecule has 5 heteroatoms. The first kappa shape index (κ1) is 11.9. The molecule has 0 aromatic carbocycles. The summed E-state index contributed by atoms with van der Waals surface area (Å²) in [5.41, 5.74) is 0.788. The van der Waals surface area contributed by atoms with Crippen LogP contribution in [0.4, 0.5) is 5.82 Å². The van der Waals surface area contributed by atoms with Crippen LogP contribution in [0.15, 0.2) is 34.9 Å². The first-order chi connectivity index (χ1) is 9.81. The normalized spacial score (nSPS) is 26.1. The van der Waals surface area contributed by atoms with Crippen molar-refractivity contribution in [2.45, 2.75) is 24.9 Å². The van der Waals surface area contributed by atoms with E-state index >= 15 is 0 Å². The first-order valence-corrected chi connectivity index (χ1v) is 7.16. The van der Waals surface area contributed by atoms with Gasteiger partial charge in [-0.25, -0.2) is 0 Å². The quantitative estimate of drug-likeness (QED) is 0.835. The Morgan fingerprint density at radius 2 is 1.90 bits per heavy atom. The molecule has 4 rings (SSSR count). The lowest BCUT2D eigenvalue weighted by Crippen LogP contribution is -2.52. The zero-order valence-electron chi connectivity index (χ0n) is 11.6. The summed E-state index contributed by atoms with van der Waals surface area (Å²) in [7, 11) is 2.24. The molecule has 2 atom stereocenters. The minimum Gasteiger partial charge on any atom is -0.463 e. The molecule has 104 valence electrons. The van der Waals surface area contributed by atoms with Crippen molar-refractivity contribution in [3.63, 3.8) is 0 Å². The molecule has 0 radical (unpaired) electrons. The smallest absolute Gasteiger partial charge is 0.154 e. The van der Waals surface area contributed by atoms with E-state index in [2.05, 4.69) is 33.1 Å². The van der Waals surface area contributed by atoms with E-state index in [1.54, 1.807) is 6.26 Å². The van der Waals surface area contributed by atoms with E-state index in [-0.39, 0.29) is 0 Å². The molecule has 0 spiro atoms. The highest BCUT2D eigenvalue weighted by atomic mass is 16.3. The van der Waals surface area contributed by atoms with Crippen LogP contribution in [-0.4, -0.2) is 47.3 Å². The zero-order chi connectivity index (χ0) is 13.5. The van der Waals surface area contributed by atoms with Crippen molar-refractivity contribution >= 4 is 5.82 Å².